The Morgan fingerprint density at radius 2 is 2.00 bits per heavy atom. The van der Waals surface area contributed by atoms with Crippen LogP contribution >= 0.6 is 23.1 Å². The van der Waals surface area contributed by atoms with E-state index in [1.165, 1.54) is 16.9 Å². The van der Waals surface area contributed by atoms with E-state index in [-0.39, 0.29) is 5.91 Å². The summed E-state index contributed by atoms with van der Waals surface area (Å²) in [6.45, 7) is 4.14. The summed E-state index contributed by atoms with van der Waals surface area (Å²) in [6, 6.07) is 6.98. The molecule has 0 fully saturated rings. The van der Waals surface area contributed by atoms with Gasteiger partial charge in [0.15, 0.2) is 5.13 Å². The minimum absolute atomic E-state index is 0.304. The fourth-order valence-electron chi connectivity index (χ4n) is 2.70. The molecular weight excluding hydrogens is 380 g/mol. The van der Waals surface area contributed by atoms with Gasteiger partial charge in [-0.05, 0) is 37.3 Å². The lowest BCUT2D eigenvalue weighted by atomic mass is 10.1. The van der Waals surface area contributed by atoms with Crippen LogP contribution in [0.15, 0.2) is 24.3 Å². The summed E-state index contributed by atoms with van der Waals surface area (Å²) >= 11 is 3.02. The average molecular weight is 407 g/mol. The number of nitrogens with one attached hydrogen (secondary N) is 2. The molecule has 0 spiro atoms. The molecule has 0 saturated carbocycles. The number of primary amides is 1. The van der Waals surface area contributed by atoms with Gasteiger partial charge in [-0.1, -0.05) is 37.6 Å². The Morgan fingerprint density at radius 3 is 2.59 bits per heavy atom. The first-order valence-electron chi connectivity index (χ1n) is 8.87. The van der Waals surface area contributed by atoms with E-state index in [9.17, 15) is 9.59 Å². The van der Waals surface area contributed by atoms with Crippen LogP contribution in [0.1, 0.15) is 30.2 Å². The van der Waals surface area contributed by atoms with E-state index in [2.05, 4.69) is 46.8 Å². The fourth-order valence-corrected chi connectivity index (χ4v) is 4.01. The molecule has 1 unspecified atom stereocenters. The molecule has 0 aliphatic heterocycles. The van der Waals surface area contributed by atoms with E-state index in [0.29, 0.717) is 11.6 Å². The van der Waals surface area contributed by atoms with Gasteiger partial charge in [-0.25, -0.2) is 9.78 Å². The van der Waals surface area contributed by atoms with Gasteiger partial charge in [-0.15, -0.1) is 11.3 Å². The van der Waals surface area contributed by atoms with E-state index < -0.39 is 12.1 Å². The minimum Gasteiger partial charge on any atom is -0.352 e. The van der Waals surface area contributed by atoms with Crippen LogP contribution in [0.2, 0.25) is 0 Å². The van der Waals surface area contributed by atoms with Gasteiger partial charge in [-0.3, -0.25) is 4.79 Å². The molecule has 2 rings (SSSR count). The standard InChI is InChI=1S/C19H26N4O2S2/c1-4-5-13-6-8-14(9-7-13)16-12(2)27-19(22-16)23-17(24)15(10-11-26-3)21-18(20)25/h6-9,15H,4-5,10-11H2,1-3H3,(H3,20,21,25)(H,22,23,24). The highest BCUT2D eigenvalue weighted by Crippen LogP contribution is 2.30. The number of rotatable bonds is 9. The van der Waals surface area contributed by atoms with Crippen LogP contribution in [0.25, 0.3) is 11.3 Å². The molecule has 1 atom stereocenters. The van der Waals surface area contributed by atoms with Gasteiger partial charge >= 0.3 is 6.03 Å². The Kier molecular flexibility index (Phi) is 8.12. The second-order valence-corrected chi connectivity index (χ2v) is 8.39. The van der Waals surface area contributed by atoms with Crippen molar-refractivity contribution in [3.63, 3.8) is 0 Å². The van der Waals surface area contributed by atoms with Crippen molar-refractivity contribution in [1.29, 1.82) is 0 Å². The Bertz CT molecular complexity index is 775. The summed E-state index contributed by atoms with van der Waals surface area (Å²) in [5.74, 6) is 0.436. The first kappa shape index (κ1) is 21.2. The van der Waals surface area contributed by atoms with Crippen molar-refractivity contribution in [1.82, 2.24) is 10.3 Å². The number of hydrogen-bond acceptors (Lipinski definition) is 5. The number of thioether (sulfide) groups is 1. The number of anilines is 1. The summed E-state index contributed by atoms with van der Waals surface area (Å²) in [6.07, 6.45) is 4.62. The Hall–Kier alpha value is -2.06. The molecule has 0 aliphatic rings. The quantitative estimate of drug-likeness (QED) is 0.590. The number of carbonyl (C=O) groups is 2. The summed E-state index contributed by atoms with van der Waals surface area (Å²) < 4.78 is 0. The molecule has 0 radical (unpaired) electrons. The maximum atomic E-state index is 12.5. The molecule has 27 heavy (non-hydrogen) atoms. The number of amides is 3. The number of aryl methyl sites for hydroxylation is 2. The third-order valence-electron chi connectivity index (χ3n) is 4.04. The summed E-state index contributed by atoms with van der Waals surface area (Å²) in [4.78, 5) is 29.3. The van der Waals surface area contributed by atoms with Crippen molar-refractivity contribution in [2.45, 2.75) is 39.2 Å². The van der Waals surface area contributed by atoms with Gasteiger partial charge in [-0.2, -0.15) is 11.8 Å². The van der Waals surface area contributed by atoms with Gasteiger partial charge in [0.25, 0.3) is 0 Å². The number of nitrogens with two attached hydrogens (primary N) is 1. The largest absolute Gasteiger partial charge is 0.352 e. The molecule has 3 amide bonds. The van der Waals surface area contributed by atoms with Gasteiger partial charge < -0.3 is 16.4 Å². The van der Waals surface area contributed by atoms with Crippen LogP contribution in [-0.2, 0) is 11.2 Å². The molecule has 1 aromatic heterocycles. The van der Waals surface area contributed by atoms with Crippen molar-refractivity contribution >= 4 is 40.2 Å². The maximum Gasteiger partial charge on any atom is 0.312 e. The molecule has 2 aromatic rings. The molecule has 4 N–H and O–H groups in total. The van der Waals surface area contributed by atoms with E-state index >= 15 is 0 Å². The first-order valence-corrected chi connectivity index (χ1v) is 11.1. The predicted molar refractivity (Wildman–Crippen MR) is 114 cm³/mol. The fraction of sp³-hybridized carbons (Fsp3) is 0.421. The third kappa shape index (κ3) is 6.25. The average Bonchev–Trinajstić information content (AvgIpc) is 2.99. The van der Waals surface area contributed by atoms with E-state index in [4.69, 9.17) is 5.73 Å². The second kappa shape index (κ2) is 10.3. The van der Waals surface area contributed by atoms with Crippen molar-refractivity contribution in [2.24, 2.45) is 5.73 Å². The van der Waals surface area contributed by atoms with Gasteiger partial charge in [0.1, 0.15) is 6.04 Å². The van der Waals surface area contributed by atoms with Gasteiger partial charge in [0, 0.05) is 10.4 Å². The zero-order chi connectivity index (χ0) is 19.8. The zero-order valence-corrected chi connectivity index (χ0v) is 17.5. The highest BCUT2D eigenvalue weighted by Gasteiger charge is 2.21. The van der Waals surface area contributed by atoms with Crippen LogP contribution in [0.3, 0.4) is 0 Å². The number of benzene rings is 1. The van der Waals surface area contributed by atoms with Crippen molar-refractivity contribution in [3.8, 4) is 11.3 Å². The number of hydrogen-bond donors (Lipinski definition) is 3. The summed E-state index contributed by atoms with van der Waals surface area (Å²) in [5.41, 5.74) is 8.38. The lowest BCUT2D eigenvalue weighted by Crippen LogP contribution is -2.46. The van der Waals surface area contributed by atoms with E-state index in [0.717, 1.165) is 34.7 Å². The molecule has 0 aliphatic carbocycles. The number of urea groups is 1. The Morgan fingerprint density at radius 1 is 1.30 bits per heavy atom. The predicted octanol–water partition coefficient (Wildman–Crippen LogP) is 3.80. The second-order valence-electron chi connectivity index (χ2n) is 6.20. The van der Waals surface area contributed by atoms with E-state index in [1.807, 2.05) is 13.2 Å². The summed E-state index contributed by atoms with van der Waals surface area (Å²) in [5, 5.41) is 5.82. The van der Waals surface area contributed by atoms with Gasteiger partial charge in [0.05, 0.1) is 5.69 Å². The Balaban J connectivity index is 2.12. The molecular formula is C19H26N4O2S2. The first-order chi connectivity index (χ1) is 12.9. The van der Waals surface area contributed by atoms with Crippen LogP contribution < -0.4 is 16.4 Å². The highest BCUT2D eigenvalue weighted by atomic mass is 32.2. The topological polar surface area (TPSA) is 97.1 Å². The third-order valence-corrected chi connectivity index (χ3v) is 5.57. The smallest absolute Gasteiger partial charge is 0.312 e. The highest BCUT2D eigenvalue weighted by molar-refractivity contribution is 7.98. The van der Waals surface area contributed by atoms with Crippen molar-refractivity contribution in [2.75, 3.05) is 17.3 Å². The minimum atomic E-state index is -0.709. The van der Waals surface area contributed by atoms with Crippen molar-refractivity contribution < 1.29 is 9.59 Å². The van der Waals surface area contributed by atoms with Crippen LogP contribution in [0, 0.1) is 6.92 Å². The van der Waals surface area contributed by atoms with Gasteiger partial charge in [0.2, 0.25) is 5.91 Å². The summed E-state index contributed by atoms with van der Waals surface area (Å²) in [7, 11) is 0. The Labute approximate surface area is 168 Å². The number of aromatic nitrogens is 1. The lowest BCUT2D eigenvalue weighted by Gasteiger charge is -2.15. The zero-order valence-electron chi connectivity index (χ0n) is 15.9. The molecule has 0 saturated heterocycles. The number of carbonyl (C=O) groups excluding carboxylic acids is 2. The van der Waals surface area contributed by atoms with Crippen molar-refractivity contribution in [3.05, 3.63) is 34.7 Å². The molecule has 8 heteroatoms. The number of thiazole rings is 1. The molecule has 1 aromatic carbocycles. The molecule has 6 nitrogen and oxygen atoms in total. The molecule has 0 bridgehead atoms. The van der Waals surface area contributed by atoms with Crippen LogP contribution in [0.4, 0.5) is 9.93 Å². The monoisotopic (exact) mass is 406 g/mol. The maximum absolute atomic E-state index is 12.5. The normalized spacial score (nSPS) is 11.8. The molecule has 1 heterocycles. The van der Waals surface area contributed by atoms with Crippen LogP contribution in [-0.4, -0.2) is 35.0 Å². The van der Waals surface area contributed by atoms with E-state index in [1.54, 1.807) is 11.8 Å². The number of nitrogens with zero attached hydrogens (tertiary/aromatic N) is 1. The lowest BCUT2D eigenvalue weighted by molar-refractivity contribution is -0.117. The SMILES string of the molecule is CCCc1ccc(-c2nc(NC(=O)C(CCSC)NC(N)=O)sc2C)cc1. The molecule has 146 valence electrons. The van der Waals surface area contributed by atoms with Crippen LogP contribution in [0.5, 0.6) is 0 Å².